The lowest BCUT2D eigenvalue weighted by Crippen LogP contribution is -2.12. The van der Waals surface area contributed by atoms with Crippen molar-refractivity contribution in [3.8, 4) is 6.07 Å². The molecule has 5 heteroatoms. The zero-order valence-electron chi connectivity index (χ0n) is 9.37. The maximum atomic E-state index is 11.6. The lowest BCUT2D eigenvalue weighted by molar-refractivity contribution is -0.116. The average Bonchev–Trinajstić information content (AvgIpc) is 2.32. The number of hydrogen-bond donors (Lipinski definition) is 2. The number of nitriles is 1. The Kier molecular flexibility index (Phi) is 5.67. The standard InChI is InChI=1S/C12H14BrN3O/c13-10-4-5-11(9(7-10)8-15)16-12(17)3-1-2-6-14/h4-5,7H,1-3,6,14H2,(H,16,17). The van der Waals surface area contributed by atoms with Crippen LogP contribution >= 0.6 is 15.9 Å². The third-order valence-electron chi connectivity index (χ3n) is 2.23. The normalized spacial score (nSPS) is 9.71. The molecule has 17 heavy (non-hydrogen) atoms. The highest BCUT2D eigenvalue weighted by Crippen LogP contribution is 2.20. The molecule has 1 rings (SSSR count). The van der Waals surface area contributed by atoms with Crippen LogP contribution in [0.1, 0.15) is 24.8 Å². The Morgan fingerprint density at radius 2 is 2.24 bits per heavy atom. The van der Waals surface area contributed by atoms with Crippen molar-refractivity contribution in [3.63, 3.8) is 0 Å². The molecule has 0 aromatic heterocycles. The van der Waals surface area contributed by atoms with E-state index in [1.165, 1.54) is 0 Å². The second-order valence-electron chi connectivity index (χ2n) is 3.60. The van der Waals surface area contributed by atoms with Gasteiger partial charge in [0.05, 0.1) is 11.3 Å². The number of nitrogens with zero attached hydrogens (tertiary/aromatic N) is 1. The number of carbonyl (C=O) groups excluding carboxylic acids is 1. The molecular weight excluding hydrogens is 282 g/mol. The molecule has 0 saturated heterocycles. The van der Waals surface area contributed by atoms with E-state index < -0.39 is 0 Å². The lowest BCUT2D eigenvalue weighted by atomic mass is 10.2. The van der Waals surface area contributed by atoms with Crippen LogP contribution in [0.2, 0.25) is 0 Å². The monoisotopic (exact) mass is 295 g/mol. The molecule has 0 saturated carbocycles. The van der Waals surface area contributed by atoms with E-state index in [0.29, 0.717) is 24.2 Å². The number of nitrogens with one attached hydrogen (secondary N) is 1. The van der Waals surface area contributed by atoms with Gasteiger partial charge in [0, 0.05) is 10.9 Å². The van der Waals surface area contributed by atoms with Crippen LogP contribution in [0, 0.1) is 11.3 Å². The van der Waals surface area contributed by atoms with Crippen molar-refractivity contribution in [3.05, 3.63) is 28.2 Å². The molecule has 0 bridgehead atoms. The van der Waals surface area contributed by atoms with E-state index in [2.05, 4.69) is 21.2 Å². The smallest absolute Gasteiger partial charge is 0.224 e. The average molecular weight is 296 g/mol. The molecule has 0 atom stereocenters. The summed E-state index contributed by atoms with van der Waals surface area (Å²) >= 11 is 3.28. The van der Waals surface area contributed by atoms with Crippen LogP contribution in [0.3, 0.4) is 0 Å². The quantitative estimate of drug-likeness (QED) is 0.819. The minimum Gasteiger partial charge on any atom is -0.330 e. The van der Waals surface area contributed by atoms with Crippen molar-refractivity contribution in [1.82, 2.24) is 0 Å². The van der Waals surface area contributed by atoms with E-state index in [4.69, 9.17) is 11.0 Å². The second-order valence-corrected chi connectivity index (χ2v) is 4.51. The zero-order valence-corrected chi connectivity index (χ0v) is 11.0. The molecule has 0 unspecified atom stereocenters. The Morgan fingerprint density at radius 1 is 1.47 bits per heavy atom. The summed E-state index contributed by atoms with van der Waals surface area (Å²) in [7, 11) is 0. The summed E-state index contributed by atoms with van der Waals surface area (Å²) in [5.74, 6) is -0.0859. The van der Waals surface area contributed by atoms with Gasteiger partial charge in [0.25, 0.3) is 0 Å². The van der Waals surface area contributed by atoms with Gasteiger partial charge in [-0.2, -0.15) is 5.26 Å². The molecule has 1 aromatic rings. The molecule has 0 heterocycles. The van der Waals surface area contributed by atoms with Crippen molar-refractivity contribution in [2.75, 3.05) is 11.9 Å². The summed E-state index contributed by atoms with van der Waals surface area (Å²) in [5.41, 5.74) is 6.35. The van der Waals surface area contributed by atoms with Crippen LogP contribution in [0.5, 0.6) is 0 Å². The number of halogens is 1. The highest BCUT2D eigenvalue weighted by molar-refractivity contribution is 9.10. The molecule has 0 aliphatic rings. The van der Waals surface area contributed by atoms with Crippen LogP contribution < -0.4 is 11.1 Å². The highest BCUT2D eigenvalue weighted by atomic mass is 79.9. The van der Waals surface area contributed by atoms with E-state index >= 15 is 0 Å². The number of rotatable bonds is 5. The van der Waals surface area contributed by atoms with Gasteiger partial charge in [-0.1, -0.05) is 15.9 Å². The number of anilines is 1. The van der Waals surface area contributed by atoms with E-state index in [1.807, 2.05) is 6.07 Å². The van der Waals surface area contributed by atoms with E-state index in [9.17, 15) is 4.79 Å². The first-order valence-electron chi connectivity index (χ1n) is 5.37. The van der Waals surface area contributed by atoms with Crippen LogP contribution in [0.4, 0.5) is 5.69 Å². The minimum atomic E-state index is -0.0859. The first kappa shape index (κ1) is 13.7. The summed E-state index contributed by atoms with van der Waals surface area (Å²) in [6.45, 7) is 0.592. The van der Waals surface area contributed by atoms with Gasteiger partial charge < -0.3 is 11.1 Å². The second kappa shape index (κ2) is 7.05. The van der Waals surface area contributed by atoms with Crippen molar-refractivity contribution in [2.45, 2.75) is 19.3 Å². The molecule has 90 valence electrons. The third kappa shape index (κ3) is 4.55. The SMILES string of the molecule is N#Cc1cc(Br)ccc1NC(=O)CCCCN. The predicted octanol–water partition coefficient (Wildman–Crippen LogP) is 2.39. The molecule has 0 aliphatic carbocycles. The van der Waals surface area contributed by atoms with Gasteiger partial charge in [-0.25, -0.2) is 0 Å². The highest BCUT2D eigenvalue weighted by Gasteiger charge is 2.06. The topological polar surface area (TPSA) is 78.9 Å². The number of benzene rings is 1. The lowest BCUT2D eigenvalue weighted by Gasteiger charge is -2.07. The summed E-state index contributed by atoms with van der Waals surface area (Å²) < 4.78 is 0.815. The van der Waals surface area contributed by atoms with Crippen LogP contribution in [0.15, 0.2) is 22.7 Å². The van der Waals surface area contributed by atoms with Gasteiger partial charge >= 0.3 is 0 Å². The molecular formula is C12H14BrN3O. The van der Waals surface area contributed by atoms with Gasteiger partial charge in [-0.05, 0) is 37.6 Å². The minimum absolute atomic E-state index is 0.0859. The van der Waals surface area contributed by atoms with E-state index in [0.717, 1.165) is 17.3 Å². The first-order chi connectivity index (χ1) is 8.17. The Morgan fingerprint density at radius 3 is 2.88 bits per heavy atom. The number of nitrogens with two attached hydrogens (primary N) is 1. The van der Waals surface area contributed by atoms with E-state index in [1.54, 1.807) is 18.2 Å². The summed E-state index contributed by atoms with van der Waals surface area (Å²) in [4.78, 5) is 11.6. The maximum absolute atomic E-state index is 11.6. The zero-order chi connectivity index (χ0) is 12.7. The van der Waals surface area contributed by atoms with Gasteiger partial charge in [0.15, 0.2) is 0 Å². The summed E-state index contributed by atoms with van der Waals surface area (Å²) in [6.07, 6.45) is 2.03. The van der Waals surface area contributed by atoms with Crippen molar-refractivity contribution >= 4 is 27.5 Å². The molecule has 4 nitrogen and oxygen atoms in total. The molecule has 0 aliphatic heterocycles. The summed E-state index contributed by atoms with van der Waals surface area (Å²) in [5, 5.41) is 11.7. The fraction of sp³-hybridized carbons (Fsp3) is 0.333. The van der Waals surface area contributed by atoms with Crippen molar-refractivity contribution in [2.24, 2.45) is 5.73 Å². The Balaban J connectivity index is 2.62. The molecule has 0 fully saturated rings. The molecule has 3 N–H and O–H groups in total. The molecule has 0 radical (unpaired) electrons. The van der Waals surface area contributed by atoms with Gasteiger partial charge in [0.2, 0.25) is 5.91 Å². The molecule has 1 amide bonds. The van der Waals surface area contributed by atoms with E-state index in [-0.39, 0.29) is 5.91 Å². The molecule has 1 aromatic carbocycles. The largest absolute Gasteiger partial charge is 0.330 e. The fourth-order valence-electron chi connectivity index (χ4n) is 1.36. The maximum Gasteiger partial charge on any atom is 0.224 e. The Bertz CT molecular complexity index is 440. The van der Waals surface area contributed by atoms with Crippen LogP contribution in [-0.2, 0) is 4.79 Å². The predicted molar refractivity (Wildman–Crippen MR) is 70.4 cm³/mol. The first-order valence-corrected chi connectivity index (χ1v) is 6.16. The van der Waals surface area contributed by atoms with Crippen LogP contribution in [0.25, 0.3) is 0 Å². The Hall–Kier alpha value is -1.38. The summed E-state index contributed by atoms with van der Waals surface area (Å²) in [6, 6.07) is 7.22. The van der Waals surface area contributed by atoms with Gasteiger partial charge in [0.1, 0.15) is 6.07 Å². The Labute approximate surface area is 109 Å². The van der Waals surface area contributed by atoms with Crippen LogP contribution in [-0.4, -0.2) is 12.5 Å². The van der Waals surface area contributed by atoms with Gasteiger partial charge in [-0.3, -0.25) is 4.79 Å². The number of carbonyl (C=O) groups is 1. The van der Waals surface area contributed by atoms with Crippen molar-refractivity contribution < 1.29 is 4.79 Å². The number of unbranched alkanes of at least 4 members (excludes halogenated alkanes) is 1. The van der Waals surface area contributed by atoms with Gasteiger partial charge in [-0.15, -0.1) is 0 Å². The number of amides is 1. The number of hydrogen-bond acceptors (Lipinski definition) is 3. The molecule has 0 spiro atoms. The third-order valence-corrected chi connectivity index (χ3v) is 2.73. The fourth-order valence-corrected chi connectivity index (χ4v) is 1.72. The van der Waals surface area contributed by atoms with Crippen molar-refractivity contribution in [1.29, 1.82) is 5.26 Å².